The molecule has 3 rings (SSSR count). The number of benzene rings is 1. The van der Waals surface area contributed by atoms with Gasteiger partial charge in [-0.15, -0.1) is 0 Å². The van der Waals surface area contributed by atoms with Crippen LogP contribution in [0.25, 0.3) is 0 Å². The van der Waals surface area contributed by atoms with Gasteiger partial charge in [-0.1, -0.05) is 12.8 Å². The third kappa shape index (κ3) is 3.46. The van der Waals surface area contributed by atoms with Crippen LogP contribution in [0, 0.1) is 12.8 Å². The van der Waals surface area contributed by atoms with Crippen LogP contribution in [-0.2, 0) is 4.79 Å². The van der Waals surface area contributed by atoms with E-state index in [1.807, 2.05) is 19.1 Å². The van der Waals surface area contributed by atoms with Gasteiger partial charge in [0.15, 0.2) is 0 Å². The standard InChI is InChI=1S/C19H27N3O2/c1-12-10-14(8-9-15(12)19(24)22(2)3)20-18(23)17-11-13-6-4-5-7-16(13)21-17/h8-10,13,16-17,21H,4-7,11H2,1-3H3,(H,20,23)/t13-,16+,17+/m1/s1. The van der Waals surface area contributed by atoms with Crippen LogP contribution in [0.3, 0.4) is 0 Å². The van der Waals surface area contributed by atoms with E-state index in [4.69, 9.17) is 0 Å². The number of hydrogen-bond acceptors (Lipinski definition) is 3. The molecule has 1 aromatic rings. The fraction of sp³-hybridized carbons (Fsp3) is 0.579. The quantitative estimate of drug-likeness (QED) is 0.896. The molecule has 0 unspecified atom stereocenters. The number of rotatable bonds is 3. The highest BCUT2D eigenvalue weighted by atomic mass is 16.2. The number of carbonyl (C=O) groups excluding carboxylic acids is 2. The Hall–Kier alpha value is -1.88. The van der Waals surface area contributed by atoms with Crippen LogP contribution in [0.15, 0.2) is 18.2 Å². The molecular weight excluding hydrogens is 302 g/mol. The Morgan fingerprint density at radius 2 is 1.96 bits per heavy atom. The van der Waals surface area contributed by atoms with Gasteiger partial charge < -0.3 is 15.5 Å². The summed E-state index contributed by atoms with van der Waals surface area (Å²) in [5.41, 5.74) is 2.30. The summed E-state index contributed by atoms with van der Waals surface area (Å²) in [6.45, 7) is 1.90. The van der Waals surface area contributed by atoms with E-state index in [0.717, 1.165) is 17.7 Å². The van der Waals surface area contributed by atoms with Crippen LogP contribution in [0.4, 0.5) is 5.69 Å². The van der Waals surface area contributed by atoms with Crippen molar-refractivity contribution in [2.24, 2.45) is 5.92 Å². The summed E-state index contributed by atoms with van der Waals surface area (Å²) < 4.78 is 0. The number of nitrogens with zero attached hydrogens (tertiary/aromatic N) is 1. The Balaban J connectivity index is 1.64. The smallest absolute Gasteiger partial charge is 0.253 e. The molecule has 24 heavy (non-hydrogen) atoms. The summed E-state index contributed by atoms with van der Waals surface area (Å²) in [4.78, 5) is 26.2. The normalized spacial score (nSPS) is 25.9. The topological polar surface area (TPSA) is 61.4 Å². The summed E-state index contributed by atoms with van der Waals surface area (Å²) in [5.74, 6) is 0.665. The molecule has 1 aliphatic carbocycles. The molecule has 1 saturated carbocycles. The molecule has 2 aliphatic rings. The summed E-state index contributed by atoms with van der Waals surface area (Å²) in [5, 5.41) is 6.50. The van der Waals surface area contributed by atoms with Gasteiger partial charge in [0, 0.05) is 31.4 Å². The Morgan fingerprint density at radius 1 is 1.21 bits per heavy atom. The minimum absolute atomic E-state index is 0.0214. The molecule has 0 radical (unpaired) electrons. The largest absolute Gasteiger partial charge is 0.345 e. The fourth-order valence-corrected chi connectivity index (χ4v) is 3.97. The molecule has 3 atom stereocenters. The highest BCUT2D eigenvalue weighted by molar-refractivity contribution is 5.98. The van der Waals surface area contributed by atoms with Gasteiger partial charge in [0.25, 0.3) is 5.91 Å². The molecule has 2 N–H and O–H groups in total. The number of aryl methyl sites for hydroxylation is 1. The molecule has 0 bridgehead atoms. The van der Waals surface area contributed by atoms with E-state index < -0.39 is 0 Å². The zero-order valence-corrected chi connectivity index (χ0v) is 14.8. The van der Waals surface area contributed by atoms with E-state index in [-0.39, 0.29) is 17.9 Å². The maximum atomic E-state index is 12.5. The lowest BCUT2D eigenvalue weighted by Gasteiger charge is -2.24. The zero-order valence-electron chi connectivity index (χ0n) is 14.8. The van der Waals surface area contributed by atoms with E-state index in [1.54, 1.807) is 25.1 Å². The van der Waals surface area contributed by atoms with Gasteiger partial charge in [-0.25, -0.2) is 0 Å². The summed E-state index contributed by atoms with van der Waals surface area (Å²) in [7, 11) is 3.48. The molecule has 2 fully saturated rings. The van der Waals surface area contributed by atoms with E-state index in [9.17, 15) is 9.59 Å². The van der Waals surface area contributed by atoms with Crippen molar-refractivity contribution in [3.8, 4) is 0 Å². The van der Waals surface area contributed by atoms with E-state index >= 15 is 0 Å². The molecule has 0 spiro atoms. The predicted molar refractivity (Wildman–Crippen MR) is 95.1 cm³/mol. The Morgan fingerprint density at radius 3 is 2.62 bits per heavy atom. The van der Waals surface area contributed by atoms with Gasteiger partial charge in [-0.2, -0.15) is 0 Å². The first-order chi connectivity index (χ1) is 11.5. The molecule has 1 heterocycles. The molecule has 130 valence electrons. The van der Waals surface area contributed by atoms with Crippen LogP contribution < -0.4 is 10.6 Å². The van der Waals surface area contributed by atoms with Crippen molar-refractivity contribution < 1.29 is 9.59 Å². The zero-order chi connectivity index (χ0) is 17.3. The summed E-state index contributed by atoms with van der Waals surface area (Å²) in [6.07, 6.45) is 5.92. The van der Waals surface area contributed by atoms with Gasteiger partial charge in [0.2, 0.25) is 5.91 Å². The van der Waals surface area contributed by atoms with Crippen molar-refractivity contribution in [1.82, 2.24) is 10.2 Å². The van der Waals surface area contributed by atoms with Crippen molar-refractivity contribution in [3.05, 3.63) is 29.3 Å². The Labute approximate surface area is 143 Å². The molecule has 1 saturated heterocycles. The minimum Gasteiger partial charge on any atom is -0.345 e. The number of anilines is 1. The first-order valence-corrected chi connectivity index (χ1v) is 8.85. The second-order valence-corrected chi connectivity index (χ2v) is 7.32. The highest BCUT2D eigenvalue weighted by Gasteiger charge is 2.38. The number of fused-ring (bicyclic) bond motifs is 1. The lowest BCUT2D eigenvalue weighted by Crippen LogP contribution is -2.39. The van der Waals surface area contributed by atoms with Gasteiger partial charge in [-0.05, 0) is 55.9 Å². The molecule has 0 aromatic heterocycles. The number of amides is 2. The molecule has 2 amide bonds. The van der Waals surface area contributed by atoms with Crippen LogP contribution >= 0.6 is 0 Å². The monoisotopic (exact) mass is 329 g/mol. The Kier molecular flexibility index (Phi) is 4.90. The van der Waals surface area contributed by atoms with Crippen LogP contribution in [0.2, 0.25) is 0 Å². The van der Waals surface area contributed by atoms with Crippen molar-refractivity contribution in [2.45, 2.75) is 51.1 Å². The van der Waals surface area contributed by atoms with E-state index in [0.29, 0.717) is 17.5 Å². The van der Waals surface area contributed by atoms with Gasteiger partial charge in [0.1, 0.15) is 0 Å². The molecule has 1 aliphatic heterocycles. The Bertz CT molecular complexity index is 627. The van der Waals surface area contributed by atoms with Gasteiger partial charge in [0.05, 0.1) is 6.04 Å². The molecule has 5 nitrogen and oxygen atoms in total. The lowest BCUT2D eigenvalue weighted by molar-refractivity contribution is -0.117. The number of hydrogen-bond donors (Lipinski definition) is 2. The summed E-state index contributed by atoms with van der Waals surface area (Å²) in [6, 6.07) is 5.88. The number of carbonyl (C=O) groups is 2. The third-order valence-electron chi connectivity index (χ3n) is 5.31. The third-order valence-corrected chi connectivity index (χ3v) is 5.31. The number of nitrogens with one attached hydrogen (secondary N) is 2. The van der Waals surface area contributed by atoms with E-state index in [1.165, 1.54) is 25.7 Å². The maximum Gasteiger partial charge on any atom is 0.253 e. The van der Waals surface area contributed by atoms with Crippen molar-refractivity contribution in [2.75, 3.05) is 19.4 Å². The highest BCUT2D eigenvalue weighted by Crippen LogP contribution is 2.33. The average molecular weight is 329 g/mol. The predicted octanol–water partition coefficient (Wildman–Crippen LogP) is 2.56. The second-order valence-electron chi connectivity index (χ2n) is 7.32. The fourth-order valence-electron chi connectivity index (χ4n) is 3.97. The van der Waals surface area contributed by atoms with Crippen molar-refractivity contribution >= 4 is 17.5 Å². The van der Waals surface area contributed by atoms with Crippen LogP contribution in [0.5, 0.6) is 0 Å². The minimum atomic E-state index is -0.0958. The lowest BCUT2D eigenvalue weighted by atomic mass is 9.85. The van der Waals surface area contributed by atoms with Crippen LogP contribution in [0.1, 0.15) is 48.0 Å². The second kappa shape index (κ2) is 6.93. The van der Waals surface area contributed by atoms with Crippen molar-refractivity contribution in [1.29, 1.82) is 0 Å². The SMILES string of the molecule is Cc1cc(NC(=O)[C@@H]2C[C@H]3CCCC[C@@H]3N2)ccc1C(=O)N(C)C. The average Bonchev–Trinajstić information content (AvgIpc) is 2.98. The molecule has 1 aromatic carbocycles. The van der Waals surface area contributed by atoms with Gasteiger partial charge in [-0.3, -0.25) is 9.59 Å². The van der Waals surface area contributed by atoms with Crippen LogP contribution in [-0.4, -0.2) is 42.9 Å². The molecular formula is C19H27N3O2. The summed E-state index contributed by atoms with van der Waals surface area (Å²) >= 11 is 0. The molecule has 5 heteroatoms. The van der Waals surface area contributed by atoms with Crippen molar-refractivity contribution in [3.63, 3.8) is 0 Å². The maximum absolute atomic E-state index is 12.5. The first-order valence-electron chi connectivity index (χ1n) is 8.85. The van der Waals surface area contributed by atoms with E-state index in [2.05, 4.69) is 10.6 Å². The van der Waals surface area contributed by atoms with Gasteiger partial charge >= 0.3 is 0 Å². The first kappa shape index (κ1) is 17.0.